The molecule has 6 nitrogen and oxygen atoms in total. The van der Waals surface area contributed by atoms with E-state index >= 15 is 0 Å². The fourth-order valence-corrected chi connectivity index (χ4v) is 8.50. The monoisotopic (exact) mass is 889 g/mol. The number of esters is 3. The normalized spacial score (nSPS) is 12.0. The van der Waals surface area contributed by atoms with Crippen molar-refractivity contribution in [2.75, 3.05) is 13.2 Å². The molecule has 1 unspecified atom stereocenters. The van der Waals surface area contributed by atoms with Crippen molar-refractivity contribution in [3.05, 3.63) is 12.2 Å². The van der Waals surface area contributed by atoms with Crippen LogP contribution in [0.2, 0.25) is 0 Å². The Morgan fingerprint density at radius 2 is 0.524 bits per heavy atom. The lowest BCUT2D eigenvalue weighted by atomic mass is 10.0. The van der Waals surface area contributed by atoms with E-state index in [1.165, 1.54) is 218 Å². The summed E-state index contributed by atoms with van der Waals surface area (Å²) < 4.78 is 16.7. The Hall–Kier alpha value is -1.85. The van der Waals surface area contributed by atoms with E-state index in [2.05, 4.69) is 32.9 Å². The van der Waals surface area contributed by atoms with Crippen molar-refractivity contribution in [1.29, 1.82) is 0 Å². The van der Waals surface area contributed by atoms with Gasteiger partial charge >= 0.3 is 17.9 Å². The molecule has 0 bridgehead atoms. The summed E-state index contributed by atoms with van der Waals surface area (Å²) in [5.41, 5.74) is 0. The molecule has 0 aromatic heterocycles. The summed E-state index contributed by atoms with van der Waals surface area (Å²) in [7, 11) is 0. The number of rotatable bonds is 52. The molecule has 0 rings (SSSR count). The van der Waals surface area contributed by atoms with Crippen LogP contribution in [-0.2, 0) is 28.6 Å². The van der Waals surface area contributed by atoms with E-state index in [1.54, 1.807) is 0 Å². The second kappa shape index (κ2) is 52.8. The van der Waals surface area contributed by atoms with Crippen molar-refractivity contribution < 1.29 is 28.6 Å². The van der Waals surface area contributed by atoms with Crippen LogP contribution in [0.15, 0.2) is 12.2 Å². The molecule has 0 aliphatic carbocycles. The van der Waals surface area contributed by atoms with Crippen molar-refractivity contribution in [2.45, 2.75) is 322 Å². The number of unbranched alkanes of at least 4 members (excludes halogenated alkanes) is 39. The van der Waals surface area contributed by atoms with Crippen LogP contribution >= 0.6 is 0 Å². The van der Waals surface area contributed by atoms with Gasteiger partial charge in [-0.3, -0.25) is 14.4 Å². The molecule has 0 amide bonds. The van der Waals surface area contributed by atoms with Gasteiger partial charge in [0, 0.05) is 19.3 Å². The van der Waals surface area contributed by atoms with Crippen molar-refractivity contribution in [2.24, 2.45) is 0 Å². The molecule has 0 saturated heterocycles. The lowest BCUT2D eigenvalue weighted by Gasteiger charge is -2.18. The van der Waals surface area contributed by atoms with Crippen LogP contribution in [0.5, 0.6) is 0 Å². The molecule has 6 heteroatoms. The van der Waals surface area contributed by atoms with Gasteiger partial charge in [-0.2, -0.15) is 0 Å². The number of carbonyl (C=O) groups is 3. The molecular weight excluding hydrogens is 781 g/mol. The fourth-order valence-electron chi connectivity index (χ4n) is 8.50. The fraction of sp³-hybridized carbons (Fsp3) is 0.912. The first-order chi connectivity index (χ1) is 31.0. The SMILES string of the molecule is CCCCCCCCCC/C=C\CCCCCCCCCCCCCCCCCC(=O)OCC(COC(=O)CCCCCCCCCC)OC(=O)CCCCCCCCCCCC. The third-order valence-electron chi connectivity index (χ3n) is 12.8. The van der Waals surface area contributed by atoms with Crippen LogP contribution in [0.1, 0.15) is 316 Å². The smallest absolute Gasteiger partial charge is 0.306 e. The highest BCUT2D eigenvalue weighted by Crippen LogP contribution is 2.17. The van der Waals surface area contributed by atoms with E-state index in [-0.39, 0.29) is 31.1 Å². The highest BCUT2D eigenvalue weighted by Gasteiger charge is 2.19. The molecule has 0 aliphatic heterocycles. The van der Waals surface area contributed by atoms with Crippen molar-refractivity contribution in [1.82, 2.24) is 0 Å². The van der Waals surface area contributed by atoms with Gasteiger partial charge in [0.15, 0.2) is 6.10 Å². The summed E-state index contributed by atoms with van der Waals surface area (Å²) in [5, 5.41) is 0. The first-order valence-electron chi connectivity index (χ1n) is 28.2. The van der Waals surface area contributed by atoms with E-state index in [0.29, 0.717) is 19.3 Å². The predicted octanol–water partition coefficient (Wildman–Crippen LogP) is 18.5. The third-order valence-corrected chi connectivity index (χ3v) is 12.8. The summed E-state index contributed by atoms with van der Waals surface area (Å²) in [6.45, 7) is 6.63. The molecule has 63 heavy (non-hydrogen) atoms. The lowest BCUT2D eigenvalue weighted by Crippen LogP contribution is -2.30. The van der Waals surface area contributed by atoms with Crippen LogP contribution in [0.25, 0.3) is 0 Å². The van der Waals surface area contributed by atoms with E-state index in [9.17, 15) is 14.4 Å². The zero-order chi connectivity index (χ0) is 45.8. The largest absolute Gasteiger partial charge is 0.462 e. The molecule has 0 aromatic rings. The molecule has 0 spiro atoms. The summed E-state index contributed by atoms with van der Waals surface area (Å²) in [6.07, 6.45) is 59.5. The van der Waals surface area contributed by atoms with Gasteiger partial charge in [-0.1, -0.05) is 264 Å². The summed E-state index contributed by atoms with van der Waals surface area (Å²) in [6, 6.07) is 0. The van der Waals surface area contributed by atoms with Crippen LogP contribution < -0.4 is 0 Å². The van der Waals surface area contributed by atoms with Gasteiger partial charge in [-0.25, -0.2) is 0 Å². The maximum atomic E-state index is 12.7. The molecule has 372 valence electrons. The Bertz CT molecular complexity index is 978. The molecule has 0 N–H and O–H groups in total. The van der Waals surface area contributed by atoms with Crippen molar-refractivity contribution >= 4 is 17.9 Å². The van der Waals surface area contributed by atoms with Crippen molar-refractivity contribution in [3.8, 4) is 0 Å². The molecule has 0 radical (unpaired) electrons. The van der Waals surface area contributed by atoms with Crippen LogP contribution in [0.3, 0.4) is 0 Å². The molecular formula is C57H108O6. The molecule has 1 atom stereocenters. The number of allylic oxidation sites excluding steroid dienone is 2. The van der Waals surface area contributed by atoms with Gasteiger partial charge < -0.3 is 14.2 Å². The van der Waals surface area contributed by atoms with Gasteiger partial charge in [-0.05, 0) is 44.9 Å². The predicted molar refractivity (Wildman–Crippen MR) is 270 cm³/mol. The van der Waals surface area contributed by atoms with Gasteiger partial charge in [-0.15, -0.1) is 0 Å². The molecule has 0 aliphatic rings. The first-order valence-corrected chi connectivity index (χ1v) is 28.2. The number of hydrogen-bond acceptors (Lipinski definition) is 6. The van der Waals surface area contributed by atoms with Gasteiger partial charge in [0.1, 0.15) is 13.2 Å². The minimum absolute atomic E-state index is 0.0645. The highest BCUT2D eigenvalue weighted by atomic mass is 16.6. The maximum absolute atomic E-state index is 12.7. The third kappa shape index (κ3) is 51.0. The Morgan fingerprint density at radius 3 is 0.794 bits per heavy atom. The Kier molecular flexibility index (Phi) is 51.2. The van der Waals surface area contributed by atoms with Gasteiger partial charge in [0.25, 0.3) is 0 Å². The van der Waals surface area contributed by atoms with E-state index in [4.69, 9.17) is 14.2 Å². The van der Waals surface area contributed by atoms with Crippen LogP contribution in [0.4, 0.5) is 0 Å². The molecule has 0 saturated carbocycles. The zero-order valence-corrected chi connectivity index (χ0v) is 42.6. The summed E-state index contributed by atoms with van der Waals surface area (Å²) in [5.74, 6) is -0.853. The average Bonchev–Trinajstić information content (AvgIpc) is 3.28. The summed E-state index contributed by atoms with van der Waals surface area (Å²) >= 11 is 0. The quantitative estimate of drug-likeness (QED) is 0.0262. The topological polar surface area (TPSA) is 78.9 Å². The first kappa shape index (κ1) is 61.1. The van der Waals surface area contributed by atoms with E-state index in [1.807, 2.05) is 0 Å². The van der Waals surface area contributed by atoms with E-state index < -0.39 is 6.10 Å². The zero-order valence-electron chi connectivity index (χ0n) is 42.6. The standard InChI is InChI=1S/C57H108O6/c1-4-7-10-13-16-19-21-22-23-24-25-26-27-28-29-30-31-32-33-34-35-36-37-39-41-44-47-50-56(59)62-53-54(52-61-55(58)49-46-43-40-18-15-12-9-6-3)63-57(60)51-48-45-42-38-20-17-14-11-8-5-2/h24-25,54H,4-23,26-53H2,1-3H3/b25-24-. The number of carbonyl (C=O) groups excluding carboxylic acids is 3. The minimum Gasteiger partial charge on any atom is -0.462 e. The van der Waals surface area contributed by atoms with E-state index in [0.717, 1.165) is 57.8 Å². The minimum atomic E-state index is -0.760. The van der Waals surface area contributed by atoms with Gasteiger partial charge in [0.2, 0.25) is 0 Å². The average molecular weight is 889 g/mol. The molecule has 0 heterocycles. The Labute approximate surface area is 392 Å². The van der Waals surface area contributed by atoms with Crippen LogP contribution in [-0.4, -0.2) is 37.2 Å². The van der Waals surface area contributed by atoms with Gasteiger partial charge in [0.05, 0.1) is 0 Å². The number of hydrogen-bond donors (Lipinski definition) is 0. The van der Waals surface area contributed by atoms with Crippen molar-refractivity contribution in [3.63, 3.8) is 0 Å². The number of ether oxygens (including phenoxy) is 3. The summed E-state index contributed by atoms with van der Waals surface area (Å²) in [4.78, 5) is 37.8. The second-order valence-electron chi connectivity index (χ2n) is 19.2. The molecule has 0 aromatic carbocycles. The van der Waals surface area contributed by atoms with Crippen LogP contribution in [0, 0.1) is 0 Å². The second-order valence-corrected chi connectivity index (χ2v) is 19.2. The maximum Gasteiger partial charge on any atom is 0.306 e. The Balaban J connectivity index is 4.00. The molecule has 0 fully saturated rings. The highest BCUT2D eigenvalue weighted by molar-refractivity contribution is 5.71. The Morgan fingerprint density at radius 1 is 0.302 bits per heavy atom. The lowest BCUT2D eigenvalue weighted by molar-refractivity contribution is -0.167.